The van der Waals surface area contributed by atoms with Crippen molar-refractivity contribution < 1.29 is 8.42 Å². The molecular weight excluding hydrogens is 306 g/mol. The van der Waals surface area contributed by atoms with Gasteiger partial charge in [0.2, 0.25) is 10.0 Å². The van der Waals surface area contributed by atoms with E-state index in [0.717, 1.165) is 17.9 Å². The van der Waals surface area contributed by atoms with E-state index in [-0.39, 0.29) is 12.1 Å². The van der Waals surface area contributed by atoms with Crippen LogP contribution in [-0.2, 0) is 16.6 Å². The number of thioether (sulfide) groups is 1. The van der Waals surface area contributed by atoms with Gasteiger partial charge in [-0.25, -0.2) is 13.1 Å². The average molecular weight is 334 g/mol. The standard InChI is InChI=1S/C14H27N3O2S2/c1-6-12(10-20-5)16-21(18,19)14-7-13(8-15-4)17(9-14)11(2)3/h7,9,11-12,15-16H,6,8,10H2,1-5H3. The molecule has 21 heavy (non-hydrogen) atoms. The zero-order valence-corrected chi connectivity index (χ0v) is 15.1. The third-order valence-corrected chi connectivity index (χ3v) is 5.54. The Bertz CT molecular complexity index is 538. The fourth-order valence-electron chi connectivity index (χ4n) is 2.17. The zero-order chi connectivity index (χ0) is 16.0. The van der Waals surface area contributed by atoms with Crippen molar-refractivity contribution in [2.45, 2.75) is 50.7 Å². The lowest BCUT2D eigenvalue weighted by Gasteiger charge is -2.15. The number of aromatic nitrogens is 1. The minimum atomic E-state index is -3.46. The van der Waals surface area contributed by atoms with E-state index < -0.39 is 10.0 Å². The van der Waals surface area contributed by atoms with Crippen molar-refractivity contribution in [3.05, 3.63) is 18.0 Å². The molecule has 0 saturated heterocycles. The van der Waals surface area contributed by atoms with Gasteiger partial charge in [-0.2, -0.15) is 11.8 Å². The summed E-state index contributed by atoms with van der Waals surface area (Å²) in [5, 5.41) is 3.08. The van der Waals surface area contributed by atoms with Crippen molar-refractivity contribution in [2.75, 3.05) is 19.1 Å². The molecule has 2 N–H and O–H groups in total. The molecule has 0 aliphatic rings. The lowest BCUT2D eigenvalue weighted by atomic mass is 10.3. The highest BCUT2D eigenvalue weighted by molar-refractivity contribution is 7.98. The SMILES string of the molecule is CCC(CSC)NS(=O)(=O)c1cc(CNC)n(C(C)C)c1. The van der Waals surface area contributed by atoms with Crippen LogP contribution in [0, 0.1) is 0 Å². The van der Waals surface area contributed by atoms with Gasteiger partial charge in [-0.3, -0.25) is 0 Å². The van der Waals surface area contributed by atoms with Crippen LogP contribution in [0.25, 0.3) is 0 Å². The minimum Gasteiger partial charge on any atom is -0.346 e. The molecular formula is C14H27N3O2S2. The molecule has 1 atom stereocenters. The van der Waals surface area contributed by atoms with E-state index in [1.807, 2.05) is 38.6 Å². The molecule has 5 nitrogen and oxygen atoms in total. The van der Waals surface area contributed by atoms with Crippen molar-refractivity contribution in [3.8, 4) is 0 Å². The summed E-state index contributed by atoms with van der Waals surface area (Å²) in [6.45, 7) is 6.74. The predicted octanol–water partition coefficient (Wildman–Crippen LogP) is 2.21. The van der Waals surface area contributed by atoms with Gasteiger partial charge in [0.05, 0.1) is 4.90 Å². The van der Waals surface area contributed by atoms with Crippen LogP contribution in [0.5, 0.6) is 0 Å². The van der Waals surface area contributed by atoms with E-state index in [0.29, 0.717) is 11.4 Å². The molecule has 0 amide bonds. The largest absolute Gasteiger partial charge is 0.346 e. The molecule has 0 fully saturated rings. The highest BCUT2D eigenvalue weighted by Crippen LogP contribution is 2.19. The summed E-state index contributed by atoms with van der Waals surface area (Å²) < 4.78 is 29.8. The molecule has 0 spiro atoms. The number of nitrogens with zero attached hydrogens (tertiary/aromatic N) is 1. The molecule has 1 rings (SSSR count). The van der Waals surface area contributed by atoms with Crippen LogP contribution >= 0.6 is 11.8 Å². The first-order valence-electron chi connectivity index (χ1n) is 7.22. The van der Waals surface area contributed by atoms with Crippen molar-refractivity contribution in [1.82, 2.24) is 14.6 Å². The highest BCUT2D eigenvalue weighted by atomic mass is 32.2. The van der Waals surface area contributed by atoms with Gasteiger partial charge in [0.15, 0.2) is 0 Å². The van der Waals surface area contributed by atoms with Gasteiger partial charge in [-0.1, -0.05) is 6.92 Å². The van der Waals surface area contributed by atoms with Gasteiger partial charge in [0.1, 0.15) is 0 Å². The maximum absolute atomic E-state index is 12.5. The number of sulfonamides is 1. The molecule has 1 unspecified atom stereocenters. The summed E-state index contributed by atoms with van der Waals surface area (Å²) in [5.41, 5.74) is 0.978. The summed E-state index contributed by atoms with van der Waals surface area (Å²) >= 11 is 1.65. The Morgan fingerprint density at radius 3 is 2.52 bits per heavy atom. The molecule has 0 bridgehead atoms. The number of hydrogen-bond acceptors (Lipinski definition) is 4. The number of hydrogen-bond donors (Lipinski definition) is 2. The van der Waals surface area contributed by atoms with Crippen LogP contribution in [0.4, 0.5) is 0 Å². The summed E-state index contributed by atoms with van der Waals surface area (Å²) in [6.07, 6.45) is 4.50. The fourth-order valence-corrected chi connectivity index (χ4v) is 4.37. The third kappa shape index (κ3) is 5.02. The third-order valence-electron chi connectivity index (χ3n) is 3.31. The van der Waals surface area contributed by atoms with E-state index >= 15 is 0 Å². The smallest absolute Gasteiger partial charge is 0.242 e. The normalized spacial score (nSPS) is 13.8. The van der Waals surface area contributed by atoms with Gasteiger partial charge >= 0.3 is 0 Å². The van der Waals surface area contributed by atoms with E-state index in [1.54, 1.807) is 24.0 Å². The van der Waals surface area contributed by atoms with Crippen molar-refractivity contribution in [3.63, 3.8) is 0 Å². The lowest BCUT2D eigenvalue weighted by molar-refractivity contribution is 0.553. The molecule has 0 aliphatic carbocycles. The number of rotatable bonds is 9. The molecule has 1 heterocycles. The van der Waals surface area contributed by atoms with Crippen LogP contribution < -0.4 is 10.0 Å². The van der Waals surface area contributed by atoms with Crippen LogP contribution in [0.1, 0.15) is 38.9 Å². The molecule has 122 valence electrons. The molecule has 0 aromatic carbocycles. The summed E-state index contributed by atoms with van der Waals surface area (Å²) in [7, 11) is -1.60. The minimum absolute atomic E-state index is 0.0276. The maximum Gasteiger partial charge on any atom is 0.242 e. The van der Waals surface area contributed by atoms with E-state index in [1.165, 1.54) is 0 Å². The molecule has 0 aliphatic heterocycles. The monoisotopic (exact) mass is 333 g/mol. The van der Waals surface area contributed by atoms with E-state index in [4.69, 9.17) is 0 Å². The Morgan fingerprint density at radius 2 is 2.05 bits per heavy atom. The molecule has 1 aromatic rings. The van der Waals surface area contributed by atoms with Crippen molar-refractivity contribution >= 4 is 21.8 Å². The lowest BCUT2D eigenvalue weighted by Crippen LogP contribution is -2.35. The van der Waals surface area contributed by atoms with E-state index in [9.17, 15) is 8.42 Å². The molecule has 0 radical (unpaired) electrons. The van der Waals surface area contributed by atoms with Gasteiger partial charge in [0.25, 0.3) is 0 Å². The Kier molecular flexibility index (Phi) is 7.26. The topological polar surface area (TPSA) is 63.1 Å². The second kappa shape index (κ2) is 8.22. The second-order valence-corrected chi connectivity index (χ2v) is 8.00. The van der Waals surface area contributed by atoms with Crippen molar-refractivity contribution in [2.24, 2.45) is 0 Å². The van der Waals surface area contributed by atoms with Crippen LogP contribution in [0.2, 0.25) is 0 Å². The Labute approximate surface area is 132 Å². The van der Waals surface area contributed by atoms with Crippen LogP contribution in [0.3, 0.4) is 0 Å². The number of nitrogens with one attached hydrogen (secondary N) is 2. The molecule has 0 saturated carbocycles. The summed E-state index contributed by atoms with van der Waals surface area (Å²) in [5.74, 6) is 0.782. The molecule has 7 heteroatoms. The Hall–Kier alpha value is -0.500. The average Bonchev–Trinajstić information content (AvgIpc) is 2.83. The first-order valence-corrected chi connectivity index (χ1v) is 10.1. The second-order valence-electron chi connectivity index (χ2n) is 5.38. The summed E-state index contributed by atoms with van der Waals surface area (Å²) in [4.78, 5) is 0.348. The van der Waals surface area contributed by atoms with Crippen LogP contribution in [-0.4, -0.2) is 38.1 Å². The van der Waals surface area contributed by atoms with Crippen LogP contribution in [0.15, 0.2) is 17.2 Å². The quantitative estimate of drug-likeness (QED) is 0.727. The van der Waals surface area contributed by atoms with Gasteiger partial charge < -0.3 is 9.88 Å². The van der Waals surface area contributed by atoms with Gasteiger partial charge in [-0.05, 0) is 39.6 Å². The Balaban J connectivity index is 3.05. The maximum atomic E-state index is 12.5. The van der Waals surface area contributed by atoms with Gasteiger partial charge in [0, 0.05) is 36.3 Å². The van der Waals surface area contributed by atoms with Gasteiger partial charge in [-0.15, -0.1) is 0 Å². The predicted molar refractivity (Wildman–Crippen MR) is 90.4 cm³/mol. The first kappa shape index (κ1) is 18.5. The first-order chi connectivity index (χ1) is 9.85. The molecule has 1 aromatic heterocycles. The Morgan fingerprint density at radius 1 is 1.38 bits per heavy atom. The highest BCUT2D eigenvalue weighted by Gasteiger charge is 2.22. The summed E-state index contributed by atoms with van der Waals surface area (Å²) in [6, 6.07) is 1.95. The fraction of sp³-hybridized carbons (Fsp3) is 0.714. The van der Waals surface area contributed by atoms with Crippen molar-refractivity contribution in [1.29, 1.82) is 0 Å². The van der Waals surface area contributed by atoms with E-state index in [2.05, 4.69) is 10.0 Å². The zero-order valence-electron chi connectivity index (χ0n) is 13.5.